The molecule has 16 heavy (non-hydrogen) atoms. The maximum absolute atomic E-state index is 13.2. The zero-order valence-electron chi connectivity index (χ0n) is 9.37. The van der Waals surface area contributed by atoms with Crippen LogP contribution in [0, 0.1) is 12.7 Å². The first-order chi connectivity index (χ1) is 7.63. The third-order valence-corrected chi connectivity index (χ3v) is 2.71. The molecule has 0 saturated heterocycles. The molecule has 1 aromatic carbocycles. The summed E-state index contributed by atoms with van der Waals surface area (Å²) in [6.07, 6.45) is 1.73. The van der Waals surface area contributed by atoms with Crippen LogP contribution < -0.4 is 5.73 Å². The second-order valence-corrected chi connectivity index (χ2v) is 3.69. The minimum atomic E-state index is -0.284. The van der Waals surface area contributed by atoms with Crippen LogP contribution in [-0.2, 0) is 6.54 Å². The van der Waals surface area contributed by atoms with Gasteiger partial charge in [-0.3, -0.25) is 4.68 Å². The molecule has 84 valence electrons. The molecule has 4 heteroatoms. The van der Waals surface area contributed by atoms with Crippen LogP contribution in [0.1, 0.15) is 12.6 Å². The summed E-state index contributed by atoms with van der Waals surface area (Å²) in [6.45, 7) is 4.76. The Hall–Kier alpha value is -1.84. The van der Waals surface area contributed by atoms with Gasteiger partial charge in [0.15, 0.2) is 0 Å². The van der Waals surface area contributed by atoms with Crippen molar-refractivity contribution >= 4 is 5.69 Å². The predicted octanol–water partition coefficient (Wildman–Crippen LogP) is 2.60. The Bertz CT molecular complexity index is 517. The molecule has 0 atom stereocenters. The Morgan fingerprint density at radius 2 is 2.12 bits per heavy atom. The van der Waals surface area contributed by atoms with Crippen LogP contribution in [0.3, 0.4) is 0 Å². The molecule has 3 nitrogen and oxygen atoms in total. The van der Waals surface area contributed by atoms with Crippen LogP contribution in [0.2, 0.25) is 0 Å². The fraction of sp³-hybridized carbons (Fsp3) is 0.250. The molecule has 0 amide bonds. The van der Waals surface area contributed by atoms with E-state index >= 15 is 0 Å². The van der Waals surface area contributed by atoms with Crippen molar-refractivity contribution in [3.63, 3.8) is 0 Å². The van der Waals surface area contributed by atoms with Gasteiger partial charge in [-0.2, -0.15) is 5.10 Å². The van der Waals surface area contributed by atoms with E-state index in [2.05, 4.69) is 5.10 Å². The van der Waals surface area contributed by atoms with Gasteiger partial charge in [0.05, 0.1) is 6.20 Å². The standard InChI is InChI=1S/C12H14FN3/c1-3-16-8(2)11(7-15-16)10-6-9(13)4-5-12(10)14/h4-7H,3,14H2,1-2H3. The highest BCUT2D eigenvalue weighted by atomic mass is 19.1. The highest BCUT2D eigenvalue weighted by Crippen LogP contribution is 2.29. The van der Waals surface area contributed by atoms with Crippen molar-refractivity contribution in [3.8, 4) is 11.1 Å². The number of aromatic nitrogens is 2. The topological polar surface area (TPSA) is 43.8 Å². The SMILES string of the molecule is CCn1ncc(-c2cc(F)ccc2N)c1C. The first kappa shape index (κ1) is 10.7. The highest BCUT2D eigenvalue weighted by molar-refractivity contribution is 5.77. The van der Waals surface area contributed by atoms with Gasteiger partial charge in [0, 0.05) is 29.1 Å². The molecule has 2 rings (SSSR count). The molecule has 0 saturated carbocycles. The number of rotatable bonds is 2. The summed E-state index contributed by atoms with van der Waals surface area (Å²) in [5.74, 6) is -0.284. The zero-order chi connectivity index (χ0) is 11.7. The van der Waals surface area contributed by atoms with E-state index in [1.165, 1.54) is 12.1 Å². The minimum absolute atomic E-state index is 0.284. The molecule has 2 N–H and O–H groups in total. The van der Waals surface area contributed by atoms with Crippen molar-refractivity contribution in [2.45, 2.75) is 20.4 Å². The van der Waals surface area contributed by atoms with Gasteiger partial charge in [-0.15, -0.1) is 0 Å². The van der Waals surface area contributed by atoms with Crippen LogP contribution in [0.5, 0.6) is 0 Å². The molecule has 0 bridgehead atoms. The van der Waals surface area contributed by atoms with Gasteiger partial charge in [-0.1, -0.05) is 0 Å². The molecule has 1 aromatic heterocycles. The minimum Gasteiger partial charge on any atom is -0.398 e. The molecule has 0 radical (unpaired) electrons. The summed E-state index contributed by atoms with van der Waals surface area (Å²) in [4.78, 5) is 0. The van der Waals surface area contributed by atoms with Gasteiger partial charge < -0.3 is 5.73 Å². The van der Waals surface area contributed by atoms with Crippen molar-refractivity contribution < 1.29 is 4.39 Å². The average Bonchev–Trinajstić information content (AvgIpc) is 2.63. The summed E-state index contributed by atoms with van der Waals surface area (Å²) in [6, 6.07) is 4.38. The molecule has 0 aliphatic carbocycles. The van der Waals surface area contributed by atoms with Gasteiger partial charge in [-0.25, -0.2) is 4.39 Å². The van der Waals surface area contributed by atoms with Gasteiger partial charge in [-0.05, 0) is 32.0 Å². The third-order valence-electron chi connectivity index (χ3n) is 2.71. The Kier molecular flexibility index (Phi) is 2.64. The number of benzene rings is 1. The molecule has 0 unspecified atom stereocenters. The van der Waals surface area contributed by atoms with Gasteiger partial charge in [0.2, 0.25) is 0 Å². The summed E-state index contributed by atoms with van der Waals surface area (Å²) < 4.78 is 15.0. The number of hydrogen-bond acceptors (Lipinski definition) is 2. The van der Waals surface area contributed by atoms with Crippen LogP contribution in [0.15, 0.2) is 24.4 Å². The highest BCUT2D eigenvalue weighted by Gasteiger charge is 2.11. The van der Waals surface area contributed by atoms with E-state index in [0.717, 1.165) is 17.8 Å². The van der Waals surface area contributed by atoms with Gasteiger partial charge >= 0.3 is 0 Å². The first-order valence-electron chi connectivity index (χ1n) is 5.21. The summed E-state index contributed by atoms with van der Waals surface area (Å²) >= 11 is 0. The van der Waals surface area contributed by atoms with E-state index in [9.17, 15) is 4.39 Å². The third kappa shape index (κ3) is 1.66. The summed E-state index contributed by atoms with van der Waals surface area (Å²) in [5, 5.41) is 4.22. The first-order valence-corrected chi connectivity index (χ1v) is 5.21. The quantitative estimate of drug-likeness (QED) is 0.789. The lowest BCUT2D eigenvalue weighted by Crippen LogP contribution is -1.99. The fourth-order valence-corrected chi connectivity index (χ4v) is 1.79. The van der Waals surface area contributed by atoms with Crippen molar-refractivity contribution in [1.82, 2.24) is 9.78 Å². The number of nitrogen functional groups attached to an aromatic ring is 1. The van der Waals surface area contributed by atoms with Crippen molar-refractivity contribution in [1.29, 1.82) is 0 Å². The molecular formula is C12H14FN3. The maximum atomic E-state index is 13.2. The number of halogens is 1. The molecule has 0 aliphatic heterocycles. The van der Waals surface area contributed by atoms with Crippen LogP contribution in [0.25, 0.3) is 11.1 Å². The lowest BCUT2D eigenvalue weighted by molar-refractivity contribution is 0.628. The van der Waals surface area contributed by atoms with E-state index < -0.39 is 0 Å². The summed E-state index contributed by atoms with van der Waals surface area (Å²) in [7, 11) is 0. The van der Waals surface area contributed by atoms with Crippen molar-refractivity contribution in [2.75, 3.05) is 5.73 Å². The van der Waals surface area contributed by atoms with E-state index in [-0.39, 0.29) is 5.82 Å². The number of hydrogen-bond donors (Lipinski definition) is 1. The molecule has 0 spiro atoms. The number of nitrogens with two attached hydrogens (primary N) is 1. The van der Waals surface area contributed by atoms with E-state index in [4.69, 9.17) is 5.73 Å². The Morgan fingerprint density at radius 1 is 1.38 bits per heavy atom. The zero-order valence-corrected chi connectivity index (χ0v) is 9.37. The largest absolute Gasteiger partial charge is 0.398 e. The Morgan fingerprint density at radius 3 is 2.75 bits per heavy atom. The molecular weight excluding hydrogens is 205 g/mol. The second-order valence-electron chi connectivity index (χ2n) is 3.69. The molecule has 0 fully saturated rings. The molecule has 2 aromatic rings. The predicted molar refractivity (Wildman–Crippen MR) is 62.4 cm³/mol. The van der Waals surface area contributed by atoms with E-state index in [0.29, 0.717) is 11.3 Å². The number of nitrogens with zero attached hydrogens (tertiary/aromatic N) is 2. The van der Waals surface area contributed by atoms with Crippen molar-refractivity contribution in [2.24, 2.45) is 0 Å². The van der Waals surface area contributed by atoms with Gasteiger partial charge in [0.25, 0.3) is 0 Å². The van der Waals surface area contributed by atoms with Crippen molar-refractivity contribution in [3.05, 3.63) is 35.9 Å². The van der Waals surface area contributed by atoms with Crippen LogP contribution >= 0.6 is 0 Å². The van der Waals surface area contributed by atoms with Crippen LogP contribution in [0.4, 0.5) is 10.1 Å². The fourth-order valence-electron chi connectivity index (χ4n) is 1.79. The van der Waals surface area contributed by atoms with Gasteiger partial charge in [0.1, 0.15) is 5.82 Å². The molecule has 1 heterocycles. The monoisotopic (exact) mass is 219 g/mol. The number of anilines is 1. The lowest BCUT2D eigenvalue weighted by Gasteiger charge is -2.06. The number of aryl methyl sites for hydroxylation is 1. The normalized spacial score (nSPS) is 10.7. The average molecular weight is 219 g/mol. The van der Waals surface area contributed by atoms with Crippen LogP contribution in [-0.4, -0.2) is 9.78 Å². The van der Waals surface area contributed by atoms with E-state index in [1.54, 1.807) is 12.3 Å². The van der Waals surface area contributed by atoms with E-state index in [1.807, 2.05) is 18.5 Å². The molecule has 0 aliphatic rings. The Balaban J connectivity index is 2.58. The lowest BCUT2D eigenvalue weighted by atomic mass is 10.0. The second kappa shape index (κ2) is 3.96. The Labute approximate surface area is 93.7 Å². The summed E-state index contributed by atoms with van der Waals surface area (Å²) in [5.41, 5.74) is 9.00. The maximum Gasteiger partial charge on any atom is 0.123 e. The smallest absolute Gasteiger partial charge is 0.123 e.